The van der Waals surface area contributed by atoms with Crippen molar-refractivity contribution in [3.05, 3.63) is 227 Å². The number of epoxide rings is 1. The van der Waals surface area contributed by atoms with Gasteiger partial charge in [-0.2, -0.15) is 0 Å². The Balaban J connectivity index is 0.000000180. The molecule has 21 heteroatoms. The number of hydroxylamine groups is 2. The predicted molar refractivity (Wildman–Crippen MR) is 372 cm³/mol. The first-order valence-electron chi connectivity index (χ1n) is 33.3. The lowest BCUT2D eigenvalue weighted by Gasteiger charge is -2.38. The van der Waals surface area contributed by atoms with Gasteiger partial charge < -0.3 is 46.0 Å². The number of ketones is 1. The Hall–Kier alpha value is -9.87. The minimum Gasteiger partial charge on any atom is -0.395 e. The lowest BCUT2D eigenvalue weighted by molar-refractivity contribution is -0.146. The highest BCUT2D eigenvalue weighted by Gasteiger charge is 2.40. The van der Waals surface area contributed by atoms with Crippen LogP contribution in [0.2, 0.25) is 0 Å². The number of nitrogens with one attached hydrogen (secondary N) is 8. The van der Waals surface area contributed by atoms with Crippen LogP contribution in [0, 0.1) is 0 Å². The van der Waals surface area contributed by atoms with Crippen LogP contribution >= 0.6 is 0 Å². The van der Waals surface area contributed by atoms with E-state index in [4.69, 9.17) is 15.2 Å². The van der Waals surface area contributed by atoms with Gasteiger partial charge in [-0.3, -0.25) is 48.9 Å². The zero-order valence-corrected chi connectivity index (χ0v) is 54.5. The number of aromatic amines is 2. The minimum atomic E-state index is -0.955. The van der Waals surface area contributed by atoms with E-state index >= 15 is 0 Å². The Morgan fingerprint density at radius 2 is 1.11 bits per heavy atom. The Morgan fingerprint density at radius 3 is 1.70 bits per heavy atom. The SMILES string of the molecule is O=C(/C=C/c1ccc(CN(CCO)CCc2c[nH]c3ccccc23)cc1)NO.O=C(/C=C/c1ccc(CNCCc2c[nH]c3ccccc23)cc1)NO.O=C1N[C@@H](Cc2ccccc2)C(=O)N2CCCC[C@@H]2C(=O)N[C@@H](CCCCCC(=O)[C@@H]2CO2)C(=O)N[C@H]1Cc1ccccc1. The number of aliphatic hydroxyl groups excluding tert-OH is 1. The standard InChI is InChI=1S/C34H42N4O6.C22H25N3O3.C20H21N3O2/c39-29(30-22-44-30)18-9-3-8-16-25-31(40)36-26(20-23-12-4-1-5-13-23)32(41)37-27(21-24-14-6-2-7-15-24)34(43)38-19-11-10-17-28(38)33(42)35-25;26-14-13-25(12-11-19-15-23-21-4-2-1-3-20(19)21)16-18-7-5-17(6-8-18)9-10-22(27)24-28;24-20(23-25)10-9-15-5-7-16(8-6-15)13-21-12-11-17-14-22-19-4-2-1-3-18(17)19/h1-2,4-7,12-15,25-28,30H,3,8-11,16-22H2,(H,35,42)(H,36,40)(H,37,41);1-10,15,23,26,28H,11-14,16H2,(H,24,27);1-10,14,21-22,25H,11-13H2,(H,23,24)/b;2*10-9+/t25-,26-,27-,28+,30-;;/m0../s1. The Kier molecular flexibility index (Phi) is 27.6. The third kappa shape index (κ3) is 22.4. The van der Waals surface area contributed by atoms with Crippen LogP contribution in [0.15, 0.2) is 182 Å². The maximum atomic E-state index is 14.1. The number of carbonyl (C=O) groups is 7. The van der Waals surface area contributed by atoms with Crippen molar-refractivity contribution >= 4 is 75.2 Å². The van der Waals surface area contributed by atoms with Crippen molar-refractivity contribution in [2.75, 3.05) is 39.4 Å². The number of para-hydroxylation sites is 2. The first-order chi connectivity index (χ1) is 47.3. The number of unbranched alkanes of at least 4 members (excludes halogenated alkanes) is 2. The number of benzene rings is 6. The molecule has 11 N–H and O–H groups in total. The summed E-state index contributed by atoms with van der Waals surface area (Å²) >= 11 is 0. The zero-order chi connectivity index (χ0) is 68.1. The minimum absolute atomic E-state index is 0.101. The number of H-pyrrole nitrogens is 2. The lowest BCUT2D eigenvalue weighted by atomic mass is 9.96. The van der Waals surface area contributed by atoms with Gasteiger partial charge in [-0.25, -0.2) is 11.0 Å². The van der Waals surface area contributed by atoms with Crippen LogP contribution in [0.25, 0.3) is 34.0 Å². The van der Waals surface area contributed by atoms with Crippen LogP contribution in [-0.2, 0) is 77.1 Å². The summed E-state index contributed by atoms with van der Waals surface area (Å²) in [6.45, 7) is 4.92. The molecule has 0 radical (unpaired) electrons. The average Bonchev–Trinajstić information content (AvgIpc) is 0.916. The van der Waals surface area contributed by atoms with Gasteiger partial charge >= 0.3 is 0 Å². The van der Waals surface area contributed by atoms with Crippen LogP contribution in [0.3, 0.4) is 0 Å². The normalized spacial score (nSPS) is 18.0. The van der Waals surface area contributed by atoms with Gasteiger partial charge in [0.05, 0.1) is 13.2 Å². The molecule has 2 aromatic heterocycles. The molecule has 0 saturated carbocycles. The second-order valence-electron chi connectivity index (χ2n) is 24.5. The summed E-state index contributed by atoms with van der Waals surface area (Å²) in [5.74, 6) is -2.54. The van der Waals surface area contributed by atoms with Gasteiger partial charge in [0, 0.05) is 98.3 Å². The maximum absolute atomic E-state index is 14.1. The van der Waals surface area contributed by atoms with Gasteiger partial charge in [0.15, 0.2) is 5.78 Å². The topological polar surface area (TPSA) is 303 Å². The van der Waals surface area contributed by atoms with Gasteiger partial charge in [-0.15, -0.1) is 0 Å². The molecular formula is C76H88N10O11. The molecule has 6 aromatic carbocycles. The second kappa shape index (κ2) is 37.4. The molecule has 3 aliphatic heterocycles. The fraction of sp³-hybridized carbons (Fsp3) is 0.329. The fourth-order valence-corrected chi connectivity index (χ4v) is 12.1. The van der Waals surface area contributed by atoms with Crippen molar-refractivity contribution in [3.63, 3.8) is 0 Å². The van der Waals surface area contributed by atoms with E-state index in [9.17, 15) is 38.7 Å². The maximum Gasteiger partial charge on any atom is 0.267 e. The monoisotopic (exact) mass is 1320 g/mol. The number of rotatable bonds is 27. The van der Waals surface area contributed by atoms with Gasteiger partial charge in [0.1, 0.15) is 30.3 Å². The van der Waals surface area contributed by atoms with Gasteiger partial charge in [-0.1, -0.05) is 158 Å². The van der Waals surface area contributed by atoms with Crippen molar-refractivity contribution in [1.82, 2.24) is 52.0 Å². The Bertz CT molecular complexity index is 3910. The van der Waals surface area contributed by atoms with Crippen molar-refractivity contribution < 1.29 is 53.8 Å². The quantitative estimate of drug-likeness (QED) is 0.00766. The number of fused-ring (bicyclic) bond motifs is 3. The molecule has 11 rings (SSSR count). The first kappa shape index (κ1) is 71.4. The molecule has 21 nitrogen and oxygen atoms in total. The molecule has 508 valence electrons. The number of amides is 6. The molecular weight excluding hydrogens is 1230 g/mol. The largest absolute Gasteiger partial charge is 0.395 e. The number of hydrogen-bond donors (Lipinski definition) is 11. The predicted octanol–water partition coefficient (Wildman–Crippen LogP) is 7.98. The average molecular weight is 1320 g/mol. The molecule has 3 aliphatic rings. The summed E-state index contributed by atoms with van der Waals surface area (Å²) in [6.07, 6.45) is 16.9. The number of Topliss-reactive ketones (excluding diaryl/α,β-unsaturated/α-hetero) is 1. The number of ether oxygens (including phenoxy) is 1. The van der Waals surface area contributed by atoms with E-state index in [2.05, 4.69) is 78.9 Å². The van der Waals surface area contributed by atoms with Crippen molar-refractivity contribution in [3.8, 4) is 0 Å². The second-order valence-corrected chi connectivity index (χ2v) is 24.5. The Labute approximate surface area is 565 Å². The molecule has 3 saturated heterocycles. The summed E-state index contributed by atoms with van der Waals surface area (Å²) in [7, 11) is 0. The molecule has 0 aliphatic carbocycles. The van der Waals surface area contributed by atoms with E-state index in [1.165, 1.54) is 45.1 Å². The molecule has 0 spiro atoms. The van der Waals surface area contributed by atoms with Crippen molar-refractivity contribution in [1.29, 1.82) is 0 Å². The summed E-state index contributed by atoms with van der Waals surface area (Å²) in [5, 5.41) is 41.1. The van der Waals surface area contributed by atoms with Crippen LogP contribution in [0.5, 0.6) is 0 Å². The molecule has 6 amide bonds. The molecule has 5 atom stereocenters. The highest BCUT2D eigenvalue weighted by molar-refractivity contribution is 5.98. The molecule has 5 heterocycles. The van der Waals surface area contributed by atoms with E-state index in [-0.39, 0.29) is 43.2 Å². The van der Waals surface area contributed by atoms with Gasteiger partial charge in [0.25, 0.3) is 11.8 Å². The molecule has 97 heavy (non-hydrogen) atoms. The third-order valence-corrected chi connectivity index (χ3v) is 17.4. The fourth-order valence-electron chi connectivity index (χ4n) is 12.1. The van der Waals surface area contributed by atoms with E-state index in [0.717, 1.165) is 85.2 Å². The smallest absolute Gasteiger partial charge is 0.267 e. The van der Waals surface area contributed by atoms with Crippen LogP contribution in [0.4, 0.5) is 0 Å². The third-order valence-electron chi connectivity index (χ3n) is 17.4. The van der Waals surface area contributed by atoms with E-state index < -0.39 is 47.8 Å². The number of piperidine rings is 1. The lowest BCUT2D eigenvalue weighted by Crippen LogP contribution is -2.63. The summed E-state index contributed by atoms with van der Waals surface area (Å²) < 4.78 is 5.05. The zero-order valence-electron chi connectivity index (χ0n) is 54.5. The molecule has 0 unspecified atom stereocenters. The summed E-state index contributed by atoms with van der Waals surface area (Å²) in [5.41, 5.74) is 13.9. The van der Waals surface area contributed by atoms with Crippen LogP contribution in [0.1, 0.15) is 95.9 Å². The van der Waals surface area contributed by atoms with Gasteiger partial charge in [0.2, 0.25) is 23.6 Å². The first-order valence-corrected chi connectivity index (χ1v) is 33.3. The van der Waals surface area contributed by atoms with E-state index in [0.29, 0.717) is 58.2 Å². The molecule has 3 fully saturated rings. The van der Waals surface area contributed by atoms with E-state index in [1.807, 2.05) is 127 Å². The summed E-state index contributed by atoms with van der Waals surface area (Å²) in [4.78, 5) is 99.7. The van der Waals surface area contributed by atoms with E-state index in [1.54, 1.807) is 28.0 Å². The molecule has 0 bridgehead atoms. The van der Waals surface area contributed by atoms with Crippen molar-refractivity contribution in [2.24, 2.45) is 0 Å². The number of hydrogen-bond acceptors (Lipinski definition) is 13. The van der Waals surface area contributed by atoms with Crippen LogP contribution < -0.4 is 32.2 Å². The summed E-state index contributed by atoms with van der Waals surface area (Å²) in [6, 6.07) is 47.8. The number of carbonyl (C=O) groups excluding carboxylic acids is 7. The van der Waals surface area contributed by atoms with Crippen molar-refractivity contribution in [2.45, 2.75) is 120 Å². The van der Waals surface area contributed by atoms with Gasteiger partial charge in [-0.05, 0) is 120 Å². The Morgan fingerprint density at radius 1 is 0.577 bits per heavy atom. The highest BCUT2D eigenvalue weighted by Crippen LogP contribution is 2.24. The number of aliphatic hydroxyl groups is 1. The highest BCUT2D eigenvalue weighted by atomic mass is 16.6. The number of nitrogens with zero attached hydrogens (tertiary/aromatic N) is 2. The number of aromatic nitrogens is 2. The van der Waals surface area contributed by atoms with Crippen LogP contribution in [-0.4, -0.2) is 146 Å². The molecule has 8 aromatic rings.